The molecule has 1 aromatic carbocycles. The predicted octanol–water partition coefficient (Wildman–Crippen LogP) is 1.64. The fourth-order valence-corrected chi connectivity index (χ4v) is 4.69. The summed E-state index contributed by atoms with van der Waals surface area (Å²) in [6.07, 6.45) is 3.65. The van der Waals surface area contributed by atoms with Gasteiger partial charge in [-0.05, 0) is 64.0 Å². The zero-order chi connectivity index (χ0) is 25.3. The summed E-state index contributed by atoms with van der Waals surface area (Å²) in [5.41, 5.74) is 2.89. The molecule has 0 spiro atoms. The molecule has 10 heteroatoms. The van der Waals surface area contributed by atoms with E-state index in [0.717, 1.165) is 44.1 Å². The second-order valence-corrected chi connectivity index (χ2v) is 9.51. The normalized spacial score (nSPS) is 18.8. The second kappa shape index (κ2) is 12.9. The third-order valence-electron chi connectivity index (χ3n) is 6.55. The molecule has 0 radical (unpaired) electrons. The summed E-state index contributed by atoms with van der Waals surface area (Å²) in [4.78, 5) is 14.5. The van der Waals surface area contributed by atoms with Crippen LogP contribution in [-0.2, 0) is 4.74 Å². The molecule has 0 aliphatic carbocycles. The van der Waals surface area contributed by atoms with Gasteiger partial charge in [-0.25, -0.2) is 9.37 Å². The molecule has 0 unspecified atom stereocenters. The van der Waals surface area contributed by atoms with Gasteiger partial charge in [-0.2, -0.15) is 4.98 Å². The largest absolute Gasteiger partial charge is 0.380 e. The fourth-order valence-electron chi connectivity index (χ4n) is 4.69. The first-order chi connectivity index (χ1) is 17.5. The summed E-state index contributed by atoms with van der Waals surface area (Å²) >= 11 is 0. The van der Waals surface area contributed by atoms with E-state index >= 15 is 0 Å². The molecule has 0 bridgehead atoms. The number of piperidine rings is 1. The molecular formula is C26H40FN8O+. The molecule has 1 atom stereocenters. The Morgan fingerprint density at radius 3 is 2.67 bits per heavy atom. The van der Waals surface area contributed by atoms with Crippen LogP contribution >= 0.6 is 0 Å². The van der Waals surface area contributed by atoms with Crippen LogP contribution in [0.15, 0.2) is 24.3 Å². The van der Waals surface area contributed by atoms with Gasteiger partial charge in [0.1, 0.15) is 11.5 Å². The number of rotatable bonds is 11. The van der Waals surface area contributed by atoms with Crippen molar-refractivity contribution in [3.63, 3.8) is 0 Å². The number of anilines is 4. The minimum Gasteiger partial charge on any atom is -0.380 e. The Bertz CT molecular complexity index is 996. The number of hydrogen-bond acceptors (Lipinski definition) is 8. The van der Waals surface area contributed by atoms with Crippen LogP contribution in [0.3, 0.4) is 0 Å². The first kappa shape index (κ1) is 26.2. The van der Waals surface area contributed by atoms with E-state index in [2.05, 4.69) is 32.7 Å². The molecular weight excluding hydrogens is 459 g/mol. The number of benzene rings is 1. The van der Waals surface area contributed by atoms with Crippen molar-refractivity contribution in [2.24, 2.45) is 0 Å². The minimum absolute atomic E-state index is 0.284. The molecule has 2 aliphatic heterocycles. The number of hydrogen-bond donors (Lipinski definition) is 4. The molecule has 0 saturated carbocycles. The Morgan fingerprint density at radius 1 is 1.17 bits per heavy atom. The maximum atomic E-state index is 13.6. The number of ether oxygens (including phenoxy) is 1. The first-order valence-corrected chi connectivity index (χ1v) is 13.1. The molecule has 1 aromatic heterocycles. The van der Waals surface area contributed by atoms with Gasteiger partial charge in [-0.1, -0.05) is 6.42 Å². The lowest BCUT2D eigenvalue weighted by Crippen LogP contribution is -2.51. The zero-order valence-corrected chi connectivity index (χ0v) is 21.5. The SMILES string of the molecule is CCOCCNc1c(Nc2ccc(F)cc2)nc(N2CCN[C@H](C)C2)nc1C(=[NH2+])CN1CCCCC1. The smallest absolute Gasteiger partial charge is 0.228 e. The number of aromatic nitrogens is 2. The molecule has 4 rings (SSSR count). The van der Waals surface area contributed by atoms with E-state index in [-0.39, 0.29) is 5.82 Å². The van der Waals surface area contributed by atoms with Gasteiger partial charge in [0.2, 0.25) is 11.7 Å². The van der Waals surface area contributed by atoms with Crippen molar-refractivity contribution in [1.29, 1.82) is 0 Å². The van der Waals surface area contributed by atoms with Gasteiger partial charge < -0.3 is 25.6 Å². The molecule has 5 N–H and O–H groups in total. The average molecular weight is 500 g/mol. The van der Waals surface area contributed by atoms with Crippen molar-refractivity contribution in [3.8, 4) is 0 Å². The van der Waals surface area contributed by atoms with Crippen molar-refractivity contribution in [2.45, 2.75) is 39.2 Å². The number of likely N-dealkylation sites (tertiary alicyclic amines) is 1. The van der Waals surface area contributed by atoms with Crippen molar-refractivity contribution in [1.82, 2.24) is 20.2 Å². The Labute approximate surface area is 213 Å². The first-order valence-electron chi connectivity index (χ1n) is 13.1. The molecule has 2 aromatic rings. The Kier molecular flexibility index (Phi) is 9.43. The van der Waals surface area contributed by atoms with E-state index in [9.17, 15) is 4.39 Å². The standard InChI is InChI=1S/C26H39FN8O/c1-3-36-16-12-30-24-23(22(28)18-34-13-5-4-6-14-34)32-26(35-15-11-29-19(2)17-35)33-25(24)31-21-9-7-20(27)8-10-21/h7-10,19,28-30H,3-6,11-18H2,1-2H3,(H,31,32,33)/p+1/t19-/m1/s1. The van der Waals surface area contributed by atoms with E-state index in [1.807, 2.05) is 6.92 Å². The lowest BCUT2D eigenvalue weighted by atomic mass is 10.1. The Hall–Kier alpha value is -2.82. The molecule has 36 heavy (non-hydrogen) atoms. The Morgan fingerprint density at radius 2 is 1.94 bits per heavy atom. The fraction of sp³-hybridized carbons (Fsp3) is 0.577. The van der Waals surface area contributed by atoms with Gasteiger partial charge in [-0.3, -0.25) is 10.3 Å². The number of halogens is 1. The highest BCUT2D eigenvalue weighted by atomic mass is 19.1. The van der Waals surface area contributed by atoms with Gasteiger partial charge >= 0.3 is 0 Å². The highest BCUT2D eigenvalue weighted by Gasteiger charge is 2.27. The van der Waals surface area contributed by atoms with Crippen LogP contribution < -0.4 is 26.3 Å². The van der Waals surface area contributed by atoms with E-state index < -0.39 is 0 Å². The molecule has 2 aliphatic rings. The lowest BCUT2D eigenvalue weighted by molar-refractivity contribution is -0.116. The quantitative estimate of drug-likeness (QED) is 0.273. The van der Waals surface area contributed by atoms with Crippen LogP contribution in [0.5, 0.6) is 0 Å². The van der Waals surface area contributed by atoms with Crippen molar-refractivity contribution >= 4 is 28.9 Å². The third-order valence-corrected chi connectivity index (χ3v) is 6.55. The van der Waals surface area contributed by atoms with Crippen molar-refractivity contribution in [2.75, 3.05) is 74.6 Å². The van der Waals surface area contributed by atoms with Gasteiger partial charge in [-0.15, -0.1) is 0 Å². The molecule has 9 nitrogen and oxygen atoms in total. The van der Waals surface area contributed by atoms with Gasteiger partial charge in [0.15, 0.2) is 11.5 Å². The molecule has 3 heterocycles. The molecule has 2 saturated heterocycles. The topological polar surface area (TPSA) is 103 Å². The Balaban J connectivity index is 1.70. The van der Waals surface area contributed by atoms with Gasteiger partial charge in [0.25, 0.3) is 0 Å². The average Bonchev–Trinajstić information content (AvgIpc) is 2.89. The van der Waals surface area contributed by atoms with E-state index in [1.54, 1.807) is 12.1 Å². The van der Waals surface area contributed by atoms with Crippen LogP contribution in [0.4, 0.5) is 27.5 Å². The van der Waals surface area contributed by atoms with Crippen LogP contribution in [0.25, 0.3) is 0 Å². The second-order valence-electron chi connectivity index (χ2n) is 9.51. The monoisotopic (exact) mass is 499 g/mol. The van der Waals surface area contributed by atoms with Crippen LogP contribution in [-0.4, -0.2) is 85.6 Å². The summed E-state index contributed by atoms with van der Waals surface area (Å²) in [5, 5.41) is 17.1. The number of nitrogens with zero attached hydrogens (tertiary/aromatic N) is 4. The van der Waals surface area contributed by atoms with Crippen LogP contribution in [0.1, 0.15) is 38.8 Å². The molecule has 0 amide bonds. The van der Waals surface area contributed by atoms with Gasteiger partial charge in [0, 0.05) is 44.5 Å². The van der Waals surface area contributed by atoms with Crippen molar-refractivity contribution < 1.29 is 14.5 Å². The number of piperazine rings is 1. The number of nitrogens with two attached hydrogens (primary N) is 1. The lowest BCUT2D eigenvalue weighted by Gasteiger charge is -2.32. The maximum Gasteiger partial charge on any atom is 0.228 e. The zero-order valence-electron chi connectivity index (χ0n) is 21.5. The van der Waals surface area contributed by atoms with Gasteiger partial charge in [0.05, 0.1) is 13.2 Å². The van der Waals surface area contributed by atoms with Crippen LogP contribution in [0, 0.1) is 5.82 Å². The van der Waals surface area contributed by atoms with E-state index in [1.165, 1.54) is 31.4 Å². The summed E-state index contributed by atoms with van der Waals surface area (Å²) < 4.78 is 19.1. The highest BCUT2D eigenvalue weighted by molar-refractivity contribution is 6.03. The summed E-state index contributed by atoms with van der Waals surface area (Å²) in [6.45, 7) is 11.1. The predicted molar refractivity (Wildman–Crippen MR) is 143 cm³/mol. The van der Waals surface area contributed by atoms with E-state index in [4.69, 9.17) is 20.1 Å². The molecule has 196 valence electrons. The number of nitrogens with one attached hydrogen (secondary N) is 3. The maximum absolute atomic E-state index is 13.6. The summed E-state index contributed by atoms with van der Waals surface area (Å²) in [6, 6.07) is 6.60. The van der Waals surface area contributed by atoms with Crippen molar-refractivity contribution in [3.05, 3.63) is 35.8 Å². The van der Waals surface area contributed by atoms with E-state index in [0.29, 0.717) is 55.5 Å². The molecule has 2 fully saturated rings. The minimum atomic E-state index is -0.284. The van der Waals surface area contributed by atoms with Crippen LogP contribution in [0.2, 0.25) is 0 Å². The highest BCUT2D eigenvalue weighted by Crippen LogP contribution is 2.30. The third kappa shape index (κ3) is 7.11. The summed E-state index contributed by atoms with van der Waals surface area (Å²) in [7, 11) is 0. The summed E-state index contributed by atoms with van der Waals surface area (Å²) in [5.74, 6) is 0.972.